The molecular weight excluding hydrogens is 414 g/mol. The third-order valence-corrected chi connectivity index (χ3v) is 5.27. The molecule has 2 amide bonds. The topological polar surface area (TPSA) is 118 Å². The Labute approximate surface area is 181 Å². The van der Waals surface area contributed by atoms with E-state index in [1.807, 2.05) is 36.4 Å². The van der Waals surface area contributed by atoms with Crippen molar-refractivity contribution in [2.75, 3.05) is 5.32 Å². The summed E-state index contributed by atoms with van der Waals surface area (Å²) in [6.07, 6.45) is 0.0293. The zero-order chi connectivity index (χ0) is 22.3. The molecule has 160 valence electrons. The number of hydrogen-bond donors (Lipinski definition) is 3. The van der Waals surface area contributed by atoms with Crippen LogP contribution in [0.1, 0.15) is 33.9 Å². The fourth-order valence-corrected chi connectivity index (χ4v) is 3.74. The van der Waals surface area contributed by atoms with E-state index in [1.54, 1.807) is 48.5 Å². The first-order chi connectivity index (χ1) is 14.8. The minimum Gasteiger partial charge on any atom is -0.345 e. The number of hydrogen-bond acceptors (Lipinski definition) is 4. The number of carbonyl (C=O) groups excluding carboxylic acids is 2. The molecule has 3 aromatic rings. The molecule has 0 bridgehead atoms. The van der Waals surface area contributed by atoms with Crippen LogP contribution in [-0.4, -0.2) is 20.2 Å². The summed E-state index contributed by atoms with van der Waals surface area (Å²) in [5.74, 6) is -0.834. The second kappa shape index (κ2) is 10.0. The number of carbonyl (C=O) groups is 2. The third kappa shape index (κ3) is 7.06. The predicted octanol–water partition coefficient (Wildman–Crippen LogP) is 2.98. The molecule has 0 spiro atoms. The molecule has 3 aromatic carbocycles. The summed E-state index contributed by atoms with van der Waals surface area (Å²) in [6.45, 7) is 0. The standard InChI is InChI=1S/C23H23N3O4S/c24-31(29,30)16-17-11-13-20(14-12-17)25-22(27)15-21(18-7-3-1-4-8-18)26-23(28)19-9-5-2-6-10-19/h1-14,21H,15-16H2,(H,25,27)(H,26,28)(H2,24,29,30). The van der Waals surface area contributed by atoms with E-state index < -0.39 is 16.1 Å². The number of primary sulfonamides is 1. The molecule has 4 N–H and O–H groups in total. The van der Waals surface area contributed by atoms with Gasteiger partial charge in [0.1, 0.15) is 0 Å². The number of amides is 2. The van der Waals surface area contributed by atoms with Crippen LogP contribution in [0, 0.1) is 0 Å². The van der Waals surface area contributed by atoms with Crippen LogP contribution in [0.15, 0.2) is 84.9 Å². The Balaban J connectivity index is 1.69. The van der Waals surface area contributed by atoms with Gasteiger partial charge in [-0.05, 0) is 35.4 Å². The average Bonchev–Trinajstić information content (AvgIpc) is 2.75. The van der Waals surface area contributed by atoms with Crippen molar-refractivity contribution in [3.05, 3.63) is 102 Å². The number of benzene rings is 3. The van der Waals surface area contributed by atoms with E-state index in [4.69, 9.17) is 5.14 Å². The van der Waals surface area contributed by atoms with Crippen molar-refractivity contribution >= 4 is 27.5 Å². The van der Waals surface area contributed by atoms with Gasteiger partial charge >= 0.3 is 0 Å². The maximum atomic E-state index is 12.6. The first-order valence-corrected chi connectivity index (χ1v) is 11.3. The average molecular weight is 438 g/mol. The van der Waals surface area contributed by atoms with Crippen LogP contribution in [0.2, 0.25) is 0 Å². The van der Waals surface area contributed by atoms with Crippen LogP contribution < -0.4 is 15.8 Å². The van der Waals surface area contributed by atoms with Crippen LogP contribution in [0.4, 0.5) is 5.69 Å². The number of nitrogens with one attached hydrogen (secondary N) is 2. The van der Waals surface area contributed by atoms with Gasteiger partial charge in [0.05, 0.1) is 18.2 Å². The lowest BCUT2D eigenvalue weighted by Gasteiger charge is -2.19. The van der Waals surface area contributed by atoms with Gasteiger partial charge in [0, 0.05) is 11.3 Å². The van der Waals surface area contributed by atoms with Gasteiger partial charge in [-0.15, -0.1) is 0 Å². The number of rotatable bonds is 8. The monoisotopic (exact) mass is 437 g/mol. The first-order valence-electron chi connectivity index (χ1n) is 9.60. The molecule has 3 rings (SSSR count). The van der Waals surface area contributed by atoms with Crippen LogP contribution >= 0.6 is 0 Å². The maximum Gasteiger partial charge on any atom is 0.251 e. The molecule has 0 heterocycles. The predicted molar refractivity (Wildman–Crippen MR) is 120 cm³/mol. The fourth-order valence-electron chi connectivity index (χ4n) is 3.08. The lowest BCUT2D eigenvalue weighted by molar-refractivity contribution is -0.116. The van der Waals surface area contributed by atoms with E-state index in [9.17, 15) is 18.0 Å². The number of nitrogens with two attached hydrogens (primary N) is 1. The summed E-state index contributed by atoms with van der Waals surface area (Å²) in [7, 11) is -3.62. The highest BCUT2D eigenvalue weighted by Crippen LogP contribution is 2.19. The highest BCUT2D eigenvalue weighted by molar-refractivity contribution is 7.88. The van der Waals surface area contributed by atoms with E-state index in [0.717, 1.165) is 5.56 Å². The van der Waals surface area contributed by atoms with Gasteiger partial charge in [-0.2, -0.15) is 0 Å². The Kier molecular flexibility index (Phi) is 7.17. The van der Waals surface area contributed by atoms with Gasteiger partial charge < -0.3 is 10.6 Å². The van der Waals surface area contributed by atoms with E-state index in [0.29, 0.717) is 16.8 Å². The summed E-state index contributed by atoms with van der Waals surface area (Å²) < 4.78 is 22.4. The Morgan fingerprint density at radius 3 is 2.00 bits per heavy atom. The maximum absolute atomic E-state index is 12.6. The molecule has 0 aliphatic carbocycles. The zero-order valence-electron chi connectivity index (χ0n) is 16.7. The van der Waals surface area contributed by atoms with E-state index in [2.05, 4.69) is 10.6 Å². The van der Waals surface area contributed by atoms with Crippen molar-refractivity contribution in [3.8, 4) is 0 Å². The van der Waals surface area contributed by atoms with Crippen LogP contribution in [0.3, 0.4) is 0 Å². The van der Waals surface area contributed by atoms with E-state index >= 15 is 0 Å². The second-order valence-corrected chi connectivity index (χ2v) is 8.67. The van der Waals surface area contributed by atoms with Crippen LogP contribution in [-0.2, 0) is 20.6 Å². The SMILES string of the molecule is NS(=O)(=O)Cc1ccc(NC(=O)CC(NC(=O)c2ccccc2)c2ccccc2)cc1. The molecule has 1 atom stereocenters. The van der Waals surface area contributed by atoms with Crippen molar-refractivity contribution in [2.24, 2.45) is 5.14 Å². The normalized spacial score (nSPS) is 12.0. The molecule has 0 saturated heterocycles. The molecule has 0 aromatic heterocycles. The molecule has 1 unspecified atom stereocenters. The first kappa shape index (κ1) is 22.2. The molecule has 0 fully saturated rings. The molecule has 0 saturated carbocycles. The zero-order valence-corrected chi connectivity index (χ0v) is 17.5. The Hall–Kier alpha value is -3.49. The summed E-state index contributed by atoms with van der Waals surface area (Å²) in [6, 6.07) is 23.9. The highest BCUT2D eigenvalue weighted by Gasteiger charge is 2.19. The van der Waals surface area contributed by atoms with Crippen molar-refractivity contribution in [2.45, 2.75) is 18.2 Å². The van der Waals surface area contributed by atoms with Crippen molar-refractivity contribution in [1.29, 1.82) is 0 Å². The molecule has 31 heavy (non-hydrogen) atoms. The largest absolute Gasteiger partial charge is 0.345 e. The smallest absolute Gasteiger partial charge is 0.251 e. The lowest BCUT2D eigenvalue weighted by Crippen LogP contribution is -2.31. The van der Waals surface area contributed by atoms with Gasteiger partial charge in [0.15, 0.2) is 0 Å². The molecular formula is C23H23N3O4S. The van der Waals surface area contributed by atoms with Gasteiger partial charge in [-0.1, -0.05) is 60.7 Å². The van der Waals surface area contributed by atoms with Gasteiger partial charge in [-0.3, -0.25) is 9.59 Å². The van der Waals surface area contributed by atoms with Crippen molar-refractivity contribution < 1.29 is 18.0 Å². The fraction of sp³-hybridized carbons (Fsp3) is 0.130. The Morgan fingerprint density at radius 2 is 1.42 bits per heavy atom. The van der Waals surface area contributed by atoms with Crippen molar-refractivity contribution in [3.63, 3.8) is 0 Å². The quantitative estimate of drug-likeness (QED) is 0.502. The van der Waals surface area contributed by atoms with Gasteiger partial charge in [-0.25, -0.2) is 13.6 Å². The minimum atomic E-state index is -3.62. The molecule has 0 aliphatic rings. The lowest BCUT2D eigenvalue weighted by atomic mass is 10.0. The number of anilines is 1. The van der Waals surface area contributed by atoms with Crippen LogP contribution in [0.5, 0.6) is 0 Å². The van der Waals surface area contributed by atoms with E-state index in [1.165, 1.54) is 0 Å². The summed E-state index contributed by atoms with van der Waals surface area (Å²) >= 11 is 0. The minimum absolute atomic E-state index is 0.0293. The highest BCUT2D eigenvalue weighted by atomic mass is 32.2. The van der Waals surface area contributed by atoms with E-state index in [-0.39, 0.29) is 24.0 Å². The Morgan fingerprint density at radius 1 is 0.839 bits per heavy atom. The second-order valence-electron chi connectivity index (χ2n) is 7.06. The Bertz CT molecular complexity index is 1130. The number of sulfonamides is 1. The molecule has 7 nitrogen and oxygen atoms in total. The van der Waals surface area contributed by atoms with Gasteiger partial charge in [0.25, 0.3) is 5.91 Å². The summed E-state index contributed by atoms with van der Waals surface area (Å²) in [4.78, 5) is 25.3. The third-order valence-electron chi connectivity index (χ3n) is 4.54. The summed E-state index contributed by atoms with van der Waals surface area (Å²) in [5, 5.41) is 10.7. The van der Waals surface area contributed by atoms with Crippen molar-refractivity contribution in [1.82, 2.24) is 5.32 Å². The molecule has 8 heteroatoms. The summed E-state index contributed by atoms with van der Waals surface area (Å²) in [5.41, 5.74) is 2.36. The molecule has 0 aliphatic heterocycles. The van der Waals surface area contributed by atoms with Gasteiger partial charge in [0.2, 0.25) is 15.9 Å². The van der Waals surface area contributed by atoms with Crippen LogP contribution in [0.25, 0.3) is 0 Å². The molecule has 0 radical (unpaired) electrons.